The van der Waals surface area contributed by atoms with Crippen molar-refractivity contribution in [3.8, 4) is 5.75 Å². The van der Waals surface area contributed by atoms with Crippen LogP contribution in [0.2, 0.25) is 0 Å². The summed E-state index contributed by atoms with van der Waals surface area (Å²) < 4.78 is 42.2. The second-order valence-corrected chi connectivity index (χ2v) is 4.16. The first-order chi connectivity index (χ1) is 8.84. The van der Waals surface area contributed by atoms with Gasteiger partial charge in [-0.3, -0.25) is 4.90 Å². The molecule has 0 aromatic heterocycles. The maximum atomic E-state index is 12.4. The topological polar surface area (TPSA) is 58.7 Å². The number of nitrogens with two attached hydrogens (primary N) is 1. The Kier molecular flexibility index (Phi) is 5.44. The third-order valence-corrected chi connectivity index (χ3v) is 2.45. The van der Waals surface area contributed by atoms with Crippen molar-refractivity contribution < 1.29 is 23.0 Å². The molecule has 108 valence electrons. The molecular weight excluding hydrogens is 261 g/mol. The molecule has 0 amide bonds. The molecule has 4 nitrogen and oxygen atoms in total. The smallest absolute Gasteiger partial charge is 0.401 e. The molecule has 0 radical (unpaired) electrons. The maximum Gasteiger partial charge on any atom is 0.401 e. The standard InChI is InChI=1S/C12H17F3N2O2/c1-19-11-5-9(4-10(16)6-11)7-17(2-3-18)8-12(13,14)15/h4-6,18H,2-3,7-8,16H2,1H3. The SMILES string of the molecule is COc1cc(N)cc(CN(CCO)CC(F)(F)F)c1. The molecule has 0 atom stereocenters. The third kappa shape index (κ3) is 5.80. The molecule has 0 aliphatic heterocycles. The molecule has 1 rings (SSSR count). The van der Waals surface area contributed by atoms with Crippen molar-refractivity contribution in [2.75, 3.05) is 32.5 Å². The number of methoxy groups -OCH3 is 1. The number of nitrogen functional groups attached to an aromatic ring is 1. The van der Waals surface area contributed by atoms with Gasteiger partial charge in [-0.2, -0.15) is 13.2 Å². The Morgan fingerprint density at radius 3 is 2.53 bits per heavy atom. The molecule has 0 aliphatic rings. The Balaban J connectivity index is 2.80. The Labute approximate surface area is 109 Å². The Hall–Kier alpha value is -1.47. The summed E-state index contributed by atoms with van der Waals surface area (Å²) in [6, 6.07) is 4.80. The highest BCUT2D eigenvalue weighted by molar-refractivity contribution is 5.47. The maximum absolute atomic E-state index is 12.4. The predicted molar refractivity (Wildman–Crippen MR) is 65.8 cm³/mol. The summed E-state index contributed by atoms with van der Waals surface area (Å²) >= 11 is 0. The molecule has 19 heavy (non-hydrogen) atoms. The summed E-state index contributed by atoms with van der Waals surface area (Å²) in [7, 11) is 1.46. The van der Waals surface area contributed by atoms with Crippen LogP contribution in [0, 0.1) is 0 Å². The summed E-state index contributed by atoms with van der Waals surface area (Å²) in [5.74, 6) is 0.492. The molecule has 0 heterocycles. The van der Waals surface area contributed by atoms with E-state index in [1.54, 1.807) is 18.2 Å². The average molecular weight is 278 g/mol. The zero-order valence-corrected chi connectivity index (χ0v) is 10.6. The summed E-state index contributed by atoms with van der Waals surface area (Å²) in [4.78, 5) is 1.11. The number of alkyl halides is 3. The van der Waals surface area contributed by atoms with E-state index in [-0.39, 0.29) is 19.7 Å². The lowest BCUT2D eigenvalue weighted by Gasteiger charge is -2.23. The van der Waals surface area contributed by atoms with Gasteiger partial charge in [0.25, 0.3) is 0 Å². The predicted octanol–water partition coefficient (Wildman–Crippen LogP) is 1.63. The zero-order valence-electron chi connectivity index (χ0n) is 10.6. The van der Waals surface area contributed by atoms with E-state index in [0.29, 0.717) is 17.0 Å². The van der Waals surface area contributed by atoms with E-state index in [2.05, 4.69) is 0 Å². The molecule has 3 N–H and O–H groups in total. The third-order valence-electron chi connectivity index (χ3n) is 2.45. The van der Waals surface area contributed by atoms with Crippen LogP contribution < -0.4 is 10.5 Å². The molecule has 1 aromatic carbocycles. The van der Waals surface area contributed by atoms with Crippen LogP contribution in [-0.4, -0.2) is 43.0 Å². The van der Waals surface area contributed by atoms with Gasteiger partial charge in [0, 0.05) is 24.8 Å². The van der Waals surface area contributed by atoms with E-state index in [1.165, 1.54) is 7.11 Å². The zero-order chi connectivity index (χ0) is 14.5. The molecule has 0 bridgehead atoms. The second kappa shape index (κ2) is 6.63. The van der Waals surface area contributed by atoms with Gasteiger partial charge in [-0.25, -0.2) is 0 Å². The first-order valence-corrected chi connectivity index (χ1v) is 5.67. The van der Waals surface area contributed by atoms with Crippen LogP contribution in [0.1, 0.15) is 5.56 Å². The van der Waals surface area contributed by atoms with Crippen LogP contribution >= 0.6 is 0 Å². The van der Waals surface area contributed by atoms with Crippen molar-refractivity contribution in [2.45, 2.75) is 12.7 Å². The summed E-state index contributed by atoms with van der Waals surface area (Å²) in [5.41, 5.74) is 6.67. The first kappa shape index (κ1) is 15.6. The minimum atomic E-state index is -4.31. The molecule has 0 spiro atoms. The van der Waals surface area contributed by atoms with Gasteiger partial charge in [-0.05, 0) is 17.7 Å². The Morgan fingerprint density at radius 2 is 2.00 bits per heavy atom. The average Bonchev–Trinajstić information content (AvgIpc) is 2.26. The van der Waals surface area contributed by atoms with E-state index < -0.39 is 12.7 Å². The number of halogens is 3. The number of benzene rings is 1. The minimum Gasteiger partial charge on any atom is -0.497 e. The highest BCUT2D eigenvalue weighted by Gasteiger charge is 2.30. The molecule has 0 saturated carbocycles. The highest BCUT2D eigenvalue weighted by atomic mass is 19.4. The molecule has 0 unspecified atom stereocenters. The van der Waals surface area contributed by atoms with Gasteiger partial charge in [0.2, 0.25) is 0 Å². The number of aliphatic hydroxyl groups excluding tert-OH is 1. The fourth-order valence-electron chi connectivity index (χ4n) is 1.76. The van der Waals surface area contributed by atoms with Gasteiger partial charge in [0.05, 0.1) is 20.3 Å². The van der Waals surface area contributed by atoms with Gasteiger partial charge >= 0.3 is 6.18 Å². The minimum absolute atomic E-state index is 0.0431. The largest absolute Gasteiger partial charge is 0.497 e. The van der Waals surface area contributed by atoms with E-state index >= 15 is 0 Å². The summed E-state index contributed by atoms with van der Waals surface area (Å²) in [6.45, 7) is -1.43. The van der Waals surface area contributed by atoms with Gasteiger partial charge < -0.3 is 15.6 Å². The number of rotatable bonds is 6. The molecule has 0 fully saturated rings. The van der Waals surface area contributed by atoms with Crippen molar-refractivity contribution in [1.29, 1.82) is 0 Å². The Morgan fingerprint density at radius 1 is 1.32 bits per heavy atom. The number of anilines is 1. The lowest BCUT2D eigenvalue weighted by molar-refractivity contribution is -0.147. The van der Waals surface area contributed by atoms with Crippen molar-refractivity contribution in [2.24, 2.45) is 0 Å². The van der Waals surface area contributed by atoms with Crippen LogP contribution in [0.25, 0.3) is 0 Å². The number of hydrogen-bond donors (Lipinski definition) is 2. The summed E-state index contributed by atoms with van der Waals surface area (Å²) in [5, 5.41) is 8.81. The first-order valence-electron chi connectivity index (χ1n) is 5.67. The normalized spacial score (nSPS) is 11.9. The molecule has 1 aromatic rings. The fourth-order valence-corrected chi connectivity index (χ4v) is 1.76. The molecule has 7 heteroatoms. The second-order valence-electron chi connectivity index (χ2n) is 4.16. The van der Waals surface area contributed by atoms with Crippen LogP contribution in [0.5, 0.6) is 5.75 Å². The van der Waals surface area contributed by atoms with Crippen LogP contribution in [0.3, 0.4) is 0 Å². The molecule has 0 aliphatic carbocycles. The van der Waals surface area contributed by atoms with Gasteiger partial charge in [0.15, 0.2) is 0 Å². The van der Waals surface area contributed by atoms with E-state index in [0.717, 1.165) is 4.90 Å². The van der Waals surface area contributed by atoms with Crippen molar-refractivity contribution in [3.63, 3.8) is 0 Å². The van der Waals surface area contributed by atoms with Crippen molar-refractivity contribution >= 4 is 5.69 Å². The van der Waals surface area contributed by atoms with Crippen molar-refractivity contribution in [1.82, 2.24) is 4.90 Å². The monoisotopic (exact) mass is 278 g/mol. The number of nitrogens with zero attached hydrogens (tertiary/aromatic N) is 1. The van der Waals surface area contributed by atoms with Crippen LogP contribution in [0.4, 0.5) is 18.9 Å². The van der Waals surface area contributed by atoms with Gasteiger partial charge in [-0.1, -0.05) is 0 Å². The molecule has 0 saturated heterocycles. The van der Waals surface area contributed by atoms with E-state index in [1.807, 2.05) is 0 Å². The molecular formula is C12H17F3N2O2. The number of hydrogen-bond acceptors (Lipinski definition) is 4. The van der Waals surface area contributed by atoms with Gasteiger partial charge in [-0.15, -0.1) is 0 Å². The van der Waals surface area contributed by atoms with E-state index in [9.17, 15) is 13.2 Å². The quantitative estimate of drug-likeness (QED) is 0.777. The lowest BCUT2D eigenvalue weighted by Crippen LogP contribution is -2.35. The lowest BCUT2D eigenvalue weighted by atomic mass is 10.1. The Bertz CT molecular complexity index is 410. The fraction of sp³-hybridized carbons (Fsp3) is 0.500. The van der Waals surface area contributed by atoms with Crippen molar-refractivity contribution in [3.05, 3.63) is 23.8 Å². The summed E-state index contributed by atoms with van der Waals surface area (Å²) in [6.07, 6.45) is -4.31. The van der Waals surface area contributed by atoms with E-state index in [4.69, 9.17) is 15.6 Å². The van der Waals surface area contributed by atoms with Crippen LogP contribution in [0.15, 0.2) is 18.2 Å². The van der Waals surface area contributed by atoms with Gasteiger partial charge in [0.1, 0.15) is 5.75 Å². The number of aliphatic hydroxyl groups is 1. The highest BCUT2D eigenvalue weighted by Crippen LogP contribution is 2.22. The number of ether oxygens (including phenoxy) is 1. The van der Waals surface area contributed by atoms with Crippen LogP contribution in [-0.2, 0) is 6.54 Å².